The Bertz CT molecular complexity index is 1700. The Morgan fingerprint density at radius 2 is 2.00 bits per heavy atom. The van der Waals surface area contributed by atoms with Gasteiger partial charge in [-0.15, -0.1) is 11.3 Å². The van der Waals surface area contributed by atoms with Crippen LogP contribution in [0.2, 0.25) is 0 Å². The number of alkyl halides is 3. The minimum absolute atomic E-state index is 0.0165. The number of ether oxygens (including phenoxy) is 1. The van der Waals surface area contributed by atoms with Gasteiger partial charge in [-0.05, 0) is 43.5 Å². The van der Waals surface area contributed by atoms with E-state index in [2.05, 4.69) is 25.6 Å². The van der Waals surface area contributed by atoms with Crippen molar-refractivity contribution in [1.82, 2.24) is 25.2 Å². The summed E-state index contributed by atoms with van der Waals surface area (Å²) in [7, 11) is 1.54. The number of halogens is 3. The number of thiazole rings is 1. The van der Waals surface area contributed by atoms with Crippen LogP contribution in [0, 0.1) is 0 Å². The van der Waals surface area contributed by atoms with Gasteiger partial charge in [0.25, 0.3) is 5.91 Å². The zero-order valence-electron chi connectivity index (χ0n) is 22.7. The van der Waals surface area contributed by atoms with Crippen LogP contribution in [-0.2, 0) is 10.9 Å². The minimum atomic E-state index is -4.64. The molecule has 3 N–H and O–H groups in total. The molecular weight excluding hydrogens is 573 g/mol. The molecule has 1 saturated carbocycles. The maximum absolute atomic E-state index is 13.6. The van der Waals surface area contributed by atoms with E-state index >= 15 is 0 Å². The summed E-state index contributed by atoms with van der Waals surface area (Å²) in [5.41, 5.74) is 0.0699. The molecule has 4 aromatic rings. The number of hydrogen-bond donors (Lipinski definition) is 3. The molecule has 0 bridgehead atoms. The maximum Gasteiger partial charge on any atom is 0.434 e. The maximum atomic E-state index is 13.6. The fourth-order valence-corrected chi connectivity index (χ4v) is 5.36. The van der Waals surface area contributed by atoms with Crippen LogP contribution in [0.15, 0.2) is 46.8 Å². The van der Waals surface area contributed by atoms with E-state index in [0.29, 0.717) is 36.3 Å². The number of benzene rings is 1. The van der Waals surface area contributed by atoms with Gasteiger partial charge < -0.3 is 19.9 Å². The fraction of sp³-hybridized carbons (Fsp3) is 0.321. The number of H-pyrrole nitrogens is 1. The Morgan fingerprint density at radius 3 is 2.67 bits per heavy atom. The van der Waals surface area contributed by atoms with Gasteiger partial charge in [-0.25, -0.2) is 14.8 Å². The van der Waals surface area contributed by atoms with E-state index in [0.717, 1.165) is 29.6 Å². The first kappa shape index (κ1) is 29.2. The van der Waals surface area contributed by atoms with Crippen LogP contribution < -0.4 is 16.1 Å². The molecule has 1 fully saturated rings. The van der Waals surface area contributed by atoms with Crippen molar-refractivity contribution in [3.05, 3.63) is 63.5 Å². The van der Waals surface area contributed by atoms with Crippen LogP contribution in [-0.4, -0.2) is 64.6 Å². The number of carbonyl (C=O) groups excluding carboxylic acids is 2. The SMILES string of the molecule is CCNC(=O)Nc1cc(-c2nc(C(F)(F)F)cs2)c(-c2ccc3[nH]cc(C(=O)N(CCOC)C4CC4)c(=O)c3c2)cn1. The molecule has 0 spiro atoms. The molecule has 10 nitrogen and oxygen atoms in total. The zero-order chi connectivity index (χ0) is 30.0. The molecule has 0 radical (unpaired) electrons. The summed E-state index contributed by atoms with van der Waals surface area (Å²) in [6, 6.07) is 5.87. The highest BCUT2D eigenvalue weighted by Crippen LogP contribution is 2.39. The molecule has 3 amide bonds. The average Bonchev–Trinajstić information content (AvgIpc) is 3.66. The highest BCUT2D eigenvalue weighted by atomic mass is 32.1. The molecule has 14 heteroatoms. The Balaban J connectivity index is 1.59. The molecule has 1 aliphatic carbocycles. The summed E-state index contributed by atoms with van der Waals surface area (Å²) in [4.78, 5) is 51.7. The molecule has 3 aromatic heterocycles. The van der Waals surface area contributed by atoms with Gasteiger partial charge in [0.1, 0.15) is 16.4 Å². The second-order valence-corrected chi connectivity index (χ2v) is 10.5. The number of aromatic amines is 1. The first-order valence-corrected chi connectivity index (χ1v) is 14.0. The number of carbonyl (C=O) groups is 2. The number of urea groups is 1. The van der Waals surface area contributed by atoms with Gasteiger partial charge in [0, 0.05) is 66.0 Å². The molecule has 0 aliphatic heterocycles. The third-order valence-corrected chi connectivity index (χ3v) is 7.59. The number of pyridine rings is 2. The van der Waals surface area contributed by atoms with E-state index in [9.17, 15) is 27.6 Å². The predicted octanol–water partition coefficient (Wildman–Crippen LogP) is 5.12. The predicted molar refractivity (Wildman–Crippen MR) is 153 cm³/mol. The Morgan fingerprint density at radius 1 is 1.21 bits per heavy atom. The summed E-state index contributed by atoms with van der Waals surface area (Å²) in [6.45, 7) is 2.79. The number of fused-ring (bicyclic) bond motifs is 1. The molecule has 1 aromatic carbocycles. The number of nitrogens with one attached hydrogen (secondary N) is 3. The van der Waals surface area contributed by atoms with Crippen LogP contribution in [0.25, 0.3) is 32.6 Å². The monoisotopic (exact) mass is 600 g/mol. The second kappa shape index (κ2) is 11.9. The van der Waals surface area contributed by atoms with E-state index in [1.165, 1.54) is 18.5 Å². The highest BCUT2D eigenvalue weighted by Gasteiger charge is 2.35. The summed E-state index contributed by atoms with van der Waals surface area (Å²) in [6.07, 6.45) is -0.120. The van der Waals surface area contributed by atoms with Crippen molar-refractivity contribution in [1.29, 1.82) is 0 Å². The van der Waals surface area contributed by atoms with Crippen molar-refractivity contribution in [2.45, 2.75) is 32.0 Å². The van der Waals surface area contributed by atoms with Crippen molar-refractivity contribution >= 4 is 40.0 Å². The smallest absolute Gasteiger partial charge is 0.383 e. The summed E-state index contributed by atoms with van der Waals surface area (Å²) in [5, 5.41) is 6.31. The van der Waals surface area contributed by atoms with Crippen molar-refractivity contribution in [3.8, 4) is 21.7 Å². The average molecular weight is 601 g/mol. The normalized spacial score (nSPS) is 13.3. The van der Waals surface area contributed by atoms with Crippen molar-refractivity contribution in [2.75, 3.05) is 32.1 Å². The van der Waals surface area contributed by atoms with Gasteiger partial charge in [-0.1, -0.05) is 6.07 Å². The largest absolute Gasteiger partial charge is 0.434 e. The van der Waals surface area contributed by atoms with Crippen molar-refractivity contribution in [2.24, 2.45) is 0 Å². The molecule has 0 atom stereocenters. The number of methoxy groups -OCH3 is 1. The van der Waals surface area contributed by atoms with E-state index in [-0.39, 0.29) is 33.4 Å². The van der Waals surface area contributed by atoms with E-state index < -0.39 is 29.2 Å². The summed E-state index contributed by atoms with van der Waals surface area (Å²) >= 11 is 0.792. The summed E-state index contributed by atoms with van der Waals surface area (Å²) in [5.74, 6) is -0.292. The number of amides is 3. The second-order valence-electron chi connectivity index (χ2n) is 9.65. The number of rotatable bonds is 9. The standard InChI is InChI=1S/C28H27F3N6O4S/c1-3-32-27(40)36-23-11-17(25-35-22(14-42-25)28(29,30)31)19(12-34-23)15-4-7-21-18(10-15)24(38)20(13-33-21)26(39)37(8-9-41-2)16-5-6-16/h4,7,10-14,16H,3,5-6,8-9H2,1-2H3,(H,33,38)(H2,32,34,36,40). The van der Waals surface area contributed by atoms with Crippen molar-refractivity contribution < 1.29 is 27.5 Å². The van der Waals surface area contributed by atoms with Crippen LogP contribution in [0.4, 0.5) is 23.8 Å². The quantitative estimate of drug-likeness (QED) is 0.245. The molecule has 5 rings (SSSR count). The first-order valence-electron chi connectivity index (χ1n) is 13.1. The Hall–Kier alpha value is -4.30. The van der Waals surface area contributed by atoms with Gasteiger partial charge >= 0.3 is 12.2 Å². The fourth-order valence-electron chi connectivity index (χ4n) is 4.50. The number of nitrogens with zero attached hydrogens (tertiary/aromatic N) is 3. The lowest BCUT2D eigenvalue weighted by atomic mass is 9.99. The lowest BCUT2D eigenvalue weighted by molar-refractivity contribution is -0.140. The molecule has 1 aliphatic rings. The number of aromatic nitrogens is 3. The van der Waals surface area contributed by atoms with Crippen molar-refractivity contribution in [3.63, 3.8) is 0 Å². The molecule has 0 saturated heterocycles. The highest BCUT2D eigenvalue weighted by molar-refractivity contribution is 7.13. The molecular formula is C28H27F3N6O4S. The first-order chi connectivity index (χ1) is 20.1. The van der Waals surface area contributed by atoms with Gasteiger partial charge in [-0.3, -0.25) is 14.9 Å². The Kier molecular flexibility index (Phi) is 8.27. The van der Waals surface area contributed by atoms with Gasteiger partial charge in [0.15, 0.2) is 5.69 Å². The molecule has 3 heterocycles. The number of anilines is 1. The Labute approximate surface area is 241 Å². The van der Waals surface area contributed by atoms with Gasteiger partial charge in [0.2, 0.25) is 5.43 Å². The van der Waals surface area contributed by atoms with Crippen LogP contribution in [0.3, 0.4) is 0 Å². The van der Waals surface area contributed by atoms with Crippen LogP contribution >= 0.6 is 11.3 Å². The van der Waals surface area contributed by atoms with Crippen LogP contribution in [0.5, 0.6) is 0 Å². The minimum Gasteiger partial charge on any atom is -0.383 e. The third kappa shape index (κ3) is 6.14. The van der Waals surface area contributed by atoms with Gasteiger partial charge in [-0.2, -0.15) is 13.2 Å². The molecule has 42 heavy (non-hydrogen) atoms. The van der Waals surface area contributed by atoms with E-state index in [4.69, 9.17) is 4.74 Å². The van der Waals surface area contributed by atoms with E-state index in [1.807, 2.05) is 0 Å². The topological polar surface area (TPSA) is 129 Å². The summed E-state index contributed by atoms with van der Waals surface area (Å²) < 4.78 is 45.2. The van der Waals surface area contributed by atoms with Crippen LogP contribution in [0.1, 0.15) is 35.8 Å². The molecule has 0 unspecified atom stereocenters. The lowest BCUT2D eigenvalue weighted by Crippen LogP contribution is -2.38. The lowest BCUT2D eigenvalue weighted by Gasteiger charge is -2.22. The van der Waals surface area contributed by atoms with Gasteiger partial charge in [0.05, 0.1) is 6.61 Å². The zero-order valence-corrected chi connectivity index (χ0v) is 23.5. The third-order valence-electron chi connectivity index (χ3n) is 6.71. The van der Waals surface area contributed by atoms with E-state index in [1.54, 1.807) is 37.1 Å². The molecule has 220 valence electrons. The number of hydrogen-bond acceptors (Lipinski definition) is 7.